The van der Waals surface area contributed by atoms with Gasteiger partial charge in [-0.15, -0.1) is 5.06 Å². The molecule has 10 nitrogen and oxygen atoms in total. The molecular weight excluding hydrogens is 394 g/mol. The number of nitrogens with zero attached hydrogens (tertiary/aromatic N) is 1. The maximum absolute atomic E-state index is 12.6. The highest BCUT2D eigenvalue weighted by Crippen LogP contribution is 2.33. The second-order valence-corrected chi connectivity index (χ2v) is 7.11. The molecule has 2 N–H and O–H groups in total. The van der Waals surface area contributed by atoms with E-state index >= 15 is 0 Å². The van der Waals surface area contributed by atoms with Crippen molar-refractivity contribution in [3.63, 3.8) is 0 Å². The lowest BCUT2D eigenvalue weighted by atomic mass is 9.73. The van der Waals surface area contributed by atoms with Crippen LogP contribution in [-0.2, 0) is 34.2 Å². The largest absolute Gasteiger partial charge is 0.333 e. The van der Waals surface area contributed by atoms with Gasteiger partial charge in [-0.25, -0.2) is 9.59 Å². The molecule has 0 radical (unpaired) electrons. The van der Waals surface area contributed by atoms with E-state index in [9.17, 15) is 28.8 Å². The van der Waals surface area contributed by atoms with Gasteiger partial charge >= 0.3 is 12.0 Å². The molecule has 6 amide bonds. The first kappa shape index (κ1) is 21.2. The zero-order valence-corrected chi connectivity index (χ0v) is 16.1. The first-order valence-corrected chi connectivity index (χ1v) is 9.63. The second kappa shape index (κ2) is 8.85. The molecule has 158 valence electrons. The highest BCUT2D eigenvalue weighted by atomic mass is 16.7. The Morgan fingerprint density at radius 2 is 1.50 bits per heavy atom. The number of nitrogens with one attached hydrogen (secondary N) is 2. The van der Waals surface area contributed by atoms with Crippen LogP contribution in [0.5, 0.6) is 0 Å². The summed E-state index contributed by atoms with van der Waals surface area (Å²) in [5, 5.41) is 4.81. The second-order valence-electron chi connectivity index (χ2n) is 7.11. The van der Waals surface area contributed by atoms with Gasteiger partial charge in [-0.1, -0.05) is 43.2 Å². The van der Waals surface area contributed by atoms with Gasteiger partial charge in [-0.3, -0.25) is 29.8 Å². The van der Waals surface area contributed by atoms with Crippen molar-refractivity contribution in [3.8, 4) is 0 Å². The number of hydrogen-bond donors (Lipinski definition) is 2. The lowest BCUT2D eigenvalue weighted by Crippen LogP contribution is -2.64. The van der Waals surface area contributed by atoms with E-state index in [0.717, 1.165) is 0 Å². The van der Waals surface area contributed by atoms with Crippen LogP contribution in [0, 0.1) is 0 Å². The summed E-state index contributed by atoms with van der Waals surface area (Å²) in [7, 11) is 0. The number of carbonyl (C=O) groups is 6. The number of unbranched alkanes of at least 4 members (excludes halogenated alkanes) is 2. The van der Waals surface area contributed by atoms with E-state index < -0.39 is 41.0 Å². The van der Waals surface area contributed by atoms with Gasteiger partial charge in [-0.05, 0) is 18.4 Å². The van der Waals surface area contributed by atoms with Gasteiger partial charge in [0.1, 0.15) is 0 Å². The topological polar surface area (TPSA) is 139 Å². The van der Waals surface area contributed by atoms with E-state index in [1.165, 1.54) is 0 Å². The van der Waals surface area contributed by atoms with Crippen LogP contribution in [0.4, 0.5) is 4.79 Å². The van der Waals surface area contributed by atoms with E-state index in [-0.39, 0.29) is 25.7 Å². The Kier molecular flexibility index (Phi) is 6.24. The molecule has 2 fully saturated rings. The molecule has 2 aliphatic heterocycles. The van der Waals surface area contributed by atoms with Crippen LogP contribution >= 0.6 is 0 Å². The number of urea groups is 1. The number of amides is 6. The Morgan fingerprint density at radius 1 is 0.900 bits per heavy atom. The standard InChI is InChI=1S/C20H21N3O7/c24-14-10-11-15(25)23(14)30-16(26)9-5-2-6-12-20(13-7-3-1-4-8-13)17(27)21-19(29)22-18(20)28/h1,3-4,7-8H,2,5-6,9-12H2,(H2,21,22,27,28,29). The molecular formula is C20H21N3O7. The summed E-state index contributed by atoms with van der Waals surface area (Å²) in [6.07, 6.45) is 1.45. The number of rotatable bonds is 8. The van der Waals surface area contributed by atoms with Gasteiger partial charge in [0.2, 0.25) is 11.8 Å². The van der Waals surface area contributed by atoms with Gasteiger partial charge in [0.25, 0.3) is 11.8 Å². The molecule has 10 heteroatoms. The minimum absolute atomic E-state index is 0.0216. The van der Waals surface area contributed by atoms with Crippen molar-refractivity contribution in [1.29, 1.82) is 0 Å². The summed E-state index contributed by atoms with van der Waals surface area (Å²) in [4.78, 5) is 76.3. The van der Waals surface area contributed by atoms with Crippen molar-refractivity contribution < 1.29 is 33.6 Å². The number of hydroxylamine groups is 2. The van der Waals surface area contributed by atoms with E-state index in [4.69, 9.17) is 4.84 Å². The normalized spacial score (nSPS) is 18.3. The number of benzene rings is 1. The summed E-state index contributed by atoms with van der Waals surface area (Å²) in [5.74, 6) is -3.15. The lowest BCUT2D eigenvalue weighted by Gasteiger charge is -2.34. The zero-order valence-electron chi connectivity index (χ0n) is 16.1. The molecule has 1 aromatic carbocycles. The minimum Gasteiger partial charge on any atom is -0.330 e. The molecule has 0 unspecified atom stereocenters. The van der Waals surface area contributed by atoms with Crippen molar-refractivity contribution in [2.24, 2.45) is 0 Å². The molecule has 0 spiro atoms. The molecule has 2 saturated heterocycles. The summed E-state index contributed by atoms with van der Waals surface area (Å²) in [6, 6.07) is 7.59. The predicted octanol–water partition coefficient (Wildman–Crippen LogP) is 0.848. The molecule has 1 aromatic rings. The van der Waals surface area contributed by atoms with Gasteiger partial charge in [0.05, 0.1) is 0 Å². The molecule has 30 heavy (non-hydrogen) atoms. The van der Waals surface area contributed by atoms with E-state index in [2.05, 4.69) is 10.6 Å². The number of imide groups is 3. The summed E-state index contributed by atoms with van der Waals surface area (Å²) in [6.45, 7) is 0. The van der Waals surface area contributed by atoms with E-state index in [1.54, 1.807) is 30.3 Å². The van der Waals surface area contributed by atoms with Crippen molar-refractivity contribution in [2.75, 3.05) is 0 Å². The molecule has 0 bridgehead atoms. The Hall–Kier alpha value is -3.56. The Balaban J connectivity index is 1.56. The van der Waals surface area contributed by atoms with E-state index in [0.29, 0.717) is 29.9 Å². The number of hydrogen-bond acceptors (Lipinski definition) is 7. The molecule has 2 aliphatic rings. The van der Waals surface area contributed by atoms with Crippen molar-refractivity contribution in [3.05, 3.63) is 35.9 Å². The number of barbiturate groups is 1. The van der Waals surface area contributed by atoms with Crippen LogP contribution in [0.15, 0.2) is 30.3 Å². The minimum atomic E-state index is -1.54. The highest BCUT2D eigenvalue weighted by molar-refractivity contribution is 6.22. The summed E-state index contributed by atoms with van der Waals surface area (Å²) < 4.78 is 0. The fourth-order valence-corrected chi connectivity index (χ4v) is 3.55. The van der Waals surface area contributed by atoms with Gasteiger partial charge < -0.3 is 4.84 Å². The monoisotopic (exact) mass is 415 g/mol. The maximum atomic E-state index is 12.6. The Labute approximate surface area is 171 Å². The average molecular weight is 415 g/mol. The third-order valence-corrected chi connectivity index (χ3v) is 5.13. The average Bonchev–Trinajstić information content (AvgIpc) is 3.02. The third-order valence-electron chi connectivity index (χ3n) is 5.13. The summed E-state index contributed by atoms with van der Waals surface area (Å²) in [5.41, 5.74) is -1.07. The lowest BCUT2D eigenvalue weighted by molar-refractivity contribution is -0.197. The predicted molar refractivity (Wildman–Crippen MR) is 100 cm³/mol. The smallest absolute Gasteiger partial charge is 0.330 e. The van der Waals surface area contributed by atoms with Crippen LogP contribution in [0.3, 0.4) is 0 Å². The summed E-state index contributed by atoms with van der Waals surface area (Å²) >= 11 is 0. The molecule has 0 aliphatic carbocycles. The third kappa shape index (κ3) is 4.22. The van der Waals surface area contributed by atoms with Gasteiger partial charge in [-0.2, -0.15) is 0 Å². The Bertz CT molecular complexity index is 861. The molecule has 0 aromatic heterocycles. The molecule has 0 saturated carbocycles. The van der Waals surface area contributed by atoms with Crippen molar-refractivity contribution in [2.45, 2.75) is 50.4 Å². The van der Waals surface area contributed by atoms with E-state index in [1.807, 2.05) is 0 Å². The van der Waals surface area contributed by atoms with Crippen LogP contribution < -0.4 is 10.6 Å². The van der Waals surface area contributed by atoms with Gasteiger partial charge in [0, 0.05) is 19.3 Å². The Morgan fingerprint density at radius 3 is 2.10 bits per heavy atom. The molecule has 3 rings (SSSR count). The van der Waals surface area contributed by atoms with Crippen molar-refractivity contribution >= 4 is 35.6 Å². The van der Waals surface area contributed by atoms with Crippen molar-refractivity contribution in [1.82, 2.24) is 15.7 Å². The van der Waals surface area contributed by atoms with Crippen LogP contribution in [-0.4, -0.2) is 40.7 Å². The highest BCUT2D eigenvalue weighted by Gasteiger charge is 2.51. The quantitative estimate of drug-likeness (QED) is 0.364. The molecule has 2 heterocycles. The van der Waals surface area contributed by atoms with Crippen LogP contribution in [0.25, 0.3) is 0 Å². The van der Waals surface area contributed by atoms with Crippen LogP contribution in [0.2, 0.25) is 0 Å². The fourth-order valence-electron chi connectivity index (χ4n) is 3.55. The molecule has 0 atom stereocenters. The first-order valence-electron chi connectivity index (χ1n) is 9.63. The SMILES string of the molecule is O=C1NC(=O)C(CCCCCC(=O)ON2C(=O)CCC2=O)(c2ccccc2)C(=O)N1. The van der Waals surface area contributed by atoms with Crippen LogP contribution in [0.1, 0.15) is 50.5 Å². The zero-order chi connectivity index (χ0) is 21.7. The van der Waals surface area contributed by atoms with Gasteiger partial charge in [0.15, 0.2) is 5.41 Å². The number of carbonyl (C=O) groups excluding carboxylic acids is 6. The fraction of sp³-hybridized carbons (Fsp3) is 0.400. The first-order chi connectivity index (χ1) is 14.3. The maximum Gasteiger partial charge on any atom is 0.333 e.